The van der Waals surface area contributed by atoms with E-state index in [0.29, 0.717) is 0 Å². The molecule has 1 aromatic carbocycles. The number of hydrogen-bond acceptors (Lipinski definition) is 4. The van der Waals surface area contributed by atoms with Crippen molar-refractivity contribution in [1.82, 2.24) is 10.4 Å². The zero-order valence-corrected chi connectivity index (χ0v) is 13.0. The maximum Gasteiger partial charge on any atom is 0.0569 e. The van der Waals surface area contributed by atoms with Crippen LogP contribution in [0.2, 0.25) is 0 Å². The predicted octanol–water partition coefficient (Wildman–Crippen LogP) is 3.45. The average Bonchev–Trinajstić information content (AvgIpc) is 2.41. The number of halogens is 1. The summed E-state index contributed by atoms with van der Waals surface area (Å²) in [5.74, 6) is 6.50. The van der Waals surface area contributed by atoms with E-state index in [1.165, 1.54) is 4.90 Å². The van der Waals surface area contributed by atoms with Crippen LogP contribution in [0, 0.1) is 6.92 Å². The molecule has 2 aromatic rings. The third-order valence-electron chi connectivity index (χ3n) is 2.75. The lowest BCUT2D eigenvalue weighted by Gasteiger charge is -2.15. The van der Waals surface area contributed by atoms with Crippen molar-refractivity contribution in [3.63, 3.8) is 0 Å². The Bertz CT molecular complexity index is 530. The number of aryl methyl sites for hydroxylation is 1. The number of nitrogens with one attached hydrogen (secondary N) is 1. The van der Waals surface area contributed by atoms with Gasteiger partial charge in [0, 0.05) is 27.0 Å². The molecule has 2 rings (SSSR count). The lowest BCUT2D eigenvalue weighted by atomic mass is 10.1. The van der Waals surface area contributed by atoms with Crippen LogP contribution in [0.15, 0.2) is 52.0 Å². The molecule has 0 aliphatic heterocycles. The first-order chi connectivity index (χ1) is 9.19. The standard InChI is InChI=1S/C14H16BrN3S/c1-10-5-6-11(8-17-10)14(18-16)9-19-13-4-2-3-12(15)7-13/h2-8,14,18H,9,16H2,1H3. The second-order valence-corrected chi connectivity index (χ2v) is 6.23. The average molecular weight is 338 g/mol. The van der Waals surface area contributed by atoms with Gasteiger partial charge in [0.05, 0.1) is 6.04 Å². The molecule has 0 fully saturated rings. The minimum absolute atomic E-state index is 0.0945. The quantitative estimate of drug-likeness (QED) is 0.498. The van der Waals surface area contributed by atoms with E-state index < -0.39 is 0 Å². The minimum atomic E-state index is 0.0945. The molecule has 3 nitrogen and oxygen atoms in total. The fourth-order valence-electron chi connectivity index (χ4n) is 1.66. The van der Waals surface area contributed by atoms with Gasteiger partial charge in [0.15, 0.2) is 0 Å². The van der Waals surface area contributed by atoms with Gasteiger partial charge in [-0.25, -0.2) is 0 Å². The molecule has 19 heavy (non-hydrogen) atoms. The molecule has 0 spiro atoms. The third-order valence-corrected chi connectivity index (χ3v) is 4.33. The van der Waals surface area contributed by atoms with Gasteiger partial charge in [-0.2, -0.15) is 0 Å². The zero-order chi connectivity index (χ0) is 13.7. The van der Waals surface area contributed by atoms with Crippen molar-refractivity contribution in [2.24, 2.45) is 5.84 Å². The maximum absolute atomic E-state index is 5.64. The molecule has 1 atom stereocenters. The van der Waals surface area contributed by atoms with E-state index in [1.807, 2.05) is 31.3 Å². The number of hydrogen-bond donors (Lipinski definition) is 2. The fourth-order valence-corrected chi connectivity index (χ4v) is 3.25. The molecule has 1 aromatic heterocycles. The Hall–Kier alpha value is -0.880. The predicted molar refractivity (Wildman–Crippen MR) is 83.9 cm³/mol. The van der Waals surface area contributed by atoms with E-state index in [2.05, 4.69) is 44.5 Å². The summed E-state index contributed by atoms with van der Waals surface area (Å²) < 4.78 is 1.09. The number of nitrogens with two attached hydrogens (primary N) is 1. The molecule has 3 N–H and O–H groups in total. The van der Waals surface area contributed by atoms with E-state index in [4.69, 9.17) is 5.84 Å². The molecular weight excluding hydrogens is 322 g/mol. The Morgan fingerprint density at radius 3 is 2.84 bits per heavy atom. The van der Waals surface area contributed by atoms with Gasteiger partial charge in [0.25, 0.3) is 0 Å². The Morgan fingerprint density at radius 2 is 2.21 bits per heavy atom. The summed E-state index contributed by atoms with van der Waals surface area (Å²) in [5.41, 5.74) is 4.97. The largest absolute Gasteiger partial charge is 0.271 e. The topological polar surface area (TPSA) is 50.9 Å². The van der Waals surface area contributed by atoms with Gasteiger partial charge in [-0.05, 0) is 36.8 Å². The molecule has 100 valence electrons. The van der Waals surface area contributed by atoms with Crippen LogP contribution in [0.4, 0.5) is 0 Å². The van der Waals surface area contributed by atoms with Crippen molar-refractivity contribution < 1.29 is 0 Å². The first kappa shape index (κ1) is 14.5. The summed E-state index contributed by atoms with van der Waals surface area (Å²) in [6.07, 6.45) is 1.88. The van der Waals surface area contributed by atoms with Crippen LogP contribution in [0.25, 0.3) is 0 Å². The minimum Gasteiger partial charge on any atom is -0.271 e. The van der Waals surface area contributed by atoms with E-state index >= 15 is 0 Å². The second kappa shape index (κ2) is 7.05. The monoisotopic (exact) mass is 337 g/mol. The molecule has 1 heterocycles. The van der Waals surface area contributed by atoms with Crippen LogP contribution in [0.1, 0.15) is 17.3 Å². The SMILES string of the molecule is Cc1ccc(C(CSc2cccc(Br)c2)NN)cn1. The highest BCUT2D eigenvalue weighted by molar-refractivity contribution is 9.10. The summed E-state index contributed by atoms with van der Waals surface area (Å²) in [5, 5.41) is 0. The van der Waals surface area contributed by atoms with E-state index in [-0.39, 0.29) is 6.04 Å². The number of benzene rings is 1. The summed E-state index contributed by atoms with van der Waals surface area (Å²) in [6, 6.07) is 12.4. The maximum atomic E-state index is 5.64. The van der Waals surface area contributed by atoms with Crippen molar-refractivity contribution in [1.29, 1.82) is 0 Å². The molecule has 0 aliphatic rings. The van der Waals surface area contributed by atoms with Crippen LogP contribution in [-0.2, 0) is 0 Å². The fraction of sp³-hybridized carbons (Fsp3) is 0.214. The van der Waals surface area contributed by atoms with Crippen LogP contribution in [0.5, 0.6) is 0 Å². The summed E-state index contributed by atoms with van der Waals surface area (Å²) in [7, 11) is 0. The molecule has 0 amide bonds. The number of rotatable bonds is 5. The van der Waals surface area contributed by atoms with E-state index in [0.717, 1.165) is 21.5 Å². The molecule has 0 aliphatic carbocycles. The summed E-state index contributed by atoms with van der Waals surface area (Å²) in [4.78, 5) is 5.52. The summed E-state index contributed by atoms with van der Waals surface area (Å²) in [6.45, 7) is 1.98. The van der Waals surface area contributed by atoms with Crippen molar-refractivity contribution in [2.45, 2.75) is 17.9 Å². The molecule has 0 saturated heterocycles. The van der Waals surface area contributed by atoms with Crippen molar-refractivity contribution in [3.8, 4) is 0 Å². The van der Waals surface area contributed by atoms with E-state index in [1.54, 1.807) is 11.8 Å². The second-order valence-electron chi connectivity index (χ2n) is 4.22. The van der Waals surface area contributed by atoms with Gasteiger partial charge in [0.2, 0.25) is 0 Å². The molecule has 0 bridgehead atoms. The van der Waals surface area contributed by atoms with Crippen molar-refractivity contribution >= 4 is 27.7 Å². The van der Waals surface area contributed by atoms with Crippen molar-refractivity contribution in [3.05, 3.63) is 58.3 Å². The number of hydrazine groups is 1. The third kappa shape index (κ3) is 4.31. The van der Waals surface area contributed by atoms with Gasteiger partial charge >= 0.3 is 0 Å². The highest BCUT2D eigenvalue weighted by Crippen LogP contribution is 2.26. The van der Waals surface area contributed by atoms with Crippen LogP contribution in [0.3, 0.4) is 0 Å². The number of thioether (sulfide) groups is 1. The highest BCUT2D eigenvalue weighted by Gasteiger charge is 2.10. The molecular formula is C14H16BrN3S. The van der Waals surface area contributed by atoms with Gasteiger partial charge in [-0.1, -0.05) is 28.1 Å². The lowest BCUT2D eigenvalue weighted by Crippen LogP contribution is -2.29. The van der Waals surface area contributed by atoms with Crippen LogP contribution < -0.4 is 11.3 Å². The number of pyridine rings is 1. The molecule has 0 saturated carbocycles. The normalized spacial score (nSPS) is 12.4. The van der Waals surface area contributed by atoms with Crippen molar-refractivity contribution in [2.75, 3.05) is 5.75 Å². The number of aromatic nitrogens is 1. The van der Waals surface area contributed by atoms with Gasteiger partial charge in [-0.15, -0.1) is 11.8 Å². The smallest absolute Gasteiger partial charge is 0.0569 e. The molecule has 0 radical (unpaired) electrons. The Morgan fingerprint density at radius 1 is 1.37 bits per heavy atom. The molecule has 5 heteroatoms. The Labute approximate surface area is 126 Å². The first-order valence-electron chi connectivity index (χ1n) is 5.96. The zero-order valence-electron chi connectivity index (χ0n) is 10.6. The van der Waals surface area contributed by atoms with Gasteiger partial charge in [0.1, 0.15) is 0 Å². The van der Waals surface area contributed by atoms with E-state index in [9.17, 15) is 0 Å². The molecule has 1 unspecified atom stereocenters. The van der Waals surface area contributed by atoms with Gasteiger partial charge in [-0.3, -0.25) is 16.3 Å². The number of nitrogens with zero attached hydrogens (tertiary/aromatic N) is 1. The lowest BCUT2D eigenvalue weighted by molar-refractivity contribution is 0.608. The first-order valence-corrected chi connectivity index (χ1v) is 7.74. The van der Waals surface area contributed by atoms with Crippen LogP contribution in [-0.4, -0.2) is 10.7 Å². The Balaban J connectivity index is 2.01. The van der Waals surface area contributed by atoms with Crippen LogP contribution >= 0.6 is 27.7 Å². The van der Waals surface area contributed by atoms with Gasteiger partial charge < -0.3 is 0 Å². The Kier molecular flexibility index (Phi) is 5.39. The highest BCUT2D eigenvalue weighted by atomic mass is 79.9. The summed E-state index contributed by atoms with van der Waals surface area (Å²) >= 11 is 5.24.